The Labute approximate surface area is 45.3 Å². The Balaban J connectivity index is 0. The van der Waals surface area contributed by atoms with E-state index in [1.54, 1.807) is 0 Å². The summed E-state index contributed by atoms with van der Waals surface area (Å²) in [4.78, 5) is 0. The van der Waals surface area contributed by atoms with Gasteiger partial charge in [-0.05, 0) is 0 Å². The number of rotatable bonds is 0. The van der Waals surface area contributed by atoms with Crippen LogP contribution in [0.5, 0.6) is 0 Å². The smallest absolute Gasteiger partial charge is 0.0832 e. The molecule has 4 heavy (non-hydrogen) atoms. The molecule has 0 aliphatic heterocycles. The molecule has 0 bridgehead atoms. The van der Waals surface area contributed by atoms with Crippen molar-refractivity contribution < 1.29 is 21.2 Å². The van der Waals surface area contributed by atoms with Crippen LogP contribution in [0.1, 0.15) is 0 Å². The van der Waals surface area contributed by atoms with Gasteiger partial charge < -0.3 is 0 Å². The maximum absolute atomic E-state index is 4.26. The molecule has 0 aliphatic rings. The molecule has 0 aliphatic carbocycles. The molecule has 0 heterocycles. The van der Waals surface area contributed by atoms with Crippen LogP contribution in [0.15, 0.2) is 0 Å². The van der Waals surface area contributed by atoms with Crippen LogP contribution in [0.2, 0.25) is 0 Å². The third kappa shape index (κ3) is 11.5. The van der Waals surface area contributed by atoms with Crippen LogP contribution >= 0.6 is 23.7 Å². The van der Waals surface area contributed by atoms with Gasteiger partial charge in [0, 0.05) is 17.4 Å². The first kappa shape index (κ1) is 8.91. The van der Waals surface area contributed by atoms with Crippen LogP contribution in [0.3, 0.4) is 0 Å². The second-order valence-electron chi connectivity index (χ2n) is 0.0583. The summed E-state index contributed by atoms with van der Waals surface area (Å²) in [5, 5.41) is 0. The van der Waals surface area contributed by atoms with Crippen LogP contribution in [-0.2, 0) is 21.2 Å². The normalized spacial score (nSPS) is 4.50. The van der Waals surface area contributed by atoms with Crippen molar-refractivity contribution in [1.29, 1.82) is 0 Å². The summed E-state index contributed by atoms with van der Waals surface area (Å²) in [6.07, 6.45) is 0. The average molecular weight is 139 g/mol. The van der Waals surface area contributed by atoms with Crippen LogP contribution < -0.4 is 0 Å². The largest absolute Gasteiger partial charge is 0.166 e. The molecular formula is Cl2CrO. The first-order valence-electron chi connectivity index (χ1n) is 0.309. The molecule has 0 atom stereocenters. The fraction of sp³-hybridized carbons (Fsp3) is 0. The molecule has 0 aromatic carbocycles. The van der Waals surface area contributed by atoms with Gasteiger partial charge in [-0.25, -0.2) is 0 Å². The van der Waals surface area contributed by atoms with E-state index in [2.05, 4.69) is 27.6 Å². The molecule has 0 saturated carbocycles. The molecule has 26 valence electrons. The Morgan fingerprint density at radius 3 is 1.25 bits per heavy atom. The van der Waals surface area contributed by atoms with Crippen molar-refractivity contribution in [2.75, 3.05) is 0 Å². The van der Waals surface area contributed by atoms with E-state index in [0.29, 0.717) is 0 Å². The average Bonchev–Trinajstić information content (AvgIpc) is 0.918. The van der Waals surface area contributed by atoms with E-state index < -0.39 is 0 Å². The summed E-state index contributed by atoms with van der Waals surface area (Å²) in [6.45, 7) is 0. The Morgan fingerprint density at radius 1 is 1.25 bits per heavy atom. The molecular weight excluding hydrogens is 139 g/mol. The van der Waals surface area contributed by atoms with Crippen LogP contribution in [0, 0.1) is 0 Å². The molecule has 1 nitrogen and oxygen atoms in total. The van der Waals surface area contributed by atoms with E-state index in [1.807, 2.05) is 0 Å². The number of halogens is 2. The maximum Gasteiger partial charge on any atom is 0.0832 e. The van der Waals surface area contributed by atoms with Crippen molar-refractivity contribution in [3.8, 4) is 0 Å². The summed E-state index contributed by atoms with van der Waals surface area (Å²) in [5.74, 6) is 0. The van der Waals surface area contributed by atoms with Crippen LogP contribution in [0.25, 0.3) is 0 Å². The molecule has 0 aromatic heterocycles. The van der Waals surface area contributed by atoms with Gasteiger partial charge >= 0.3 is 0 Å². The van der Waals surface area contributed by atoms with E-state index in [-0.39, 0.29) is 17.4 Å². The van der Waals surface area contributed by atoms with Gasteiger partial charge in [-0.2, -0.15) is 3.84 Å². The van der Waals surface area contributed by atoms with Crippen molar-refractivity contribution in [2.45, 2.75) is 0 Å². The third-order valence-corrected chi connectivity index (χ3v) is 0. The maximum atomic E-state index is 4.26. The minimum atomic E-state index is 0. The monoisotopic (exact) mass is 138 g/mol. The standard InChI is InChI=1S/Cl2O.Cr/c1-3-2;. The summed E-state index contributed by atoms with van der Waals surface area (Å²) in [5.41, 5.74) is 0. The molecule has 0 spiro atoms. The fourth-order valence-electron chi connectivity index (χ4n) is 0. The van der Waals surface area contributed by atoms with Gasteiger partial charge in [-0.1, -0.05) is 0 Å². The Morgan fingerprint density at radius 2 is 1.25 bits per heavy atom. The van der Waals surface area contributed by atoms with Crippen LogP contribution in [0.4, 0.5) is 0 Å². The number of hydrogen-bond acceptors (Lipinski definition) is 1. The number of hydrogen-bond donors (Lipinski definition) is 0. The van der Waals surface area contributed by atoms with E-state index in [1.165, 1.54) is 0 Å². The van der Waals surface area contributed by atoms with Crippen LogP contribution in [-0.4, -0.2) is 0 Å². The van der Waals surface area contributed by atoms with Crippen molar-refractivity contribution in [2.24, 2.45) is 0 Å². The van der Waals surface area contributed by atoms with Gasteiger partial charge in [0.2, 0.25) is 0 Å². The summed E-state index contributed by atoms with van der Waals surface area (Å²) in [7, 11) is 0. The quantitative estimate of drug-likeness (QED) is 0.491. The van der Waals surface area contributed by atoms with E-state index in [4.69, 9.17) is 0 Å². The zero-order valence-electron chi connectivity index (χ0n) is 1.57. The molecule has 0 rings (SSSR count). The Bertz CT molecular complexity index is 6.00. The molecule has 0 fully saturated rings. The predicted molar refractivity (Wildman–Crippen MR) is 12.8 cm³/mol. The minimum absolute atomic E-state index is 0. The molecule has 0 radical (unpaired) electrons. The van der Waals surface area contributed by atoms with E-state index >= 15 is 0 Å². The van der Waals surface area contributed by atoms with Gasteiger partial charge in [-0.3, -0.25) is 0 Å². The van der Waals surface area contributed by atoms with Gasteiger partial charge in [0.15, 0.2) is 0 Å². The van der Waals surface area contributed by atoms with Gasteiger partial charge in [-0.15, -0.1) is 0 Å². The molecule has 0 saturated heterocycles. The van der Waals surface area contributed by atoms with Crippen molar-refractivity contribution in [1.82, 2.24) is 0 Å². The molecule has 0 unspecified atom stereocenters. The first-order chi connectivity index (χ1) is 1.41. The van der Waals surface area contributed by atoms with E-state index in [9.17, 15) is 0 Å². The minimum Gasteiger partial charge on any atom is -0.166 e. The van der Waals surface area contributed by atoms with Gasteiger partial charge in [0.1, 0.15) is 0 Å². The van der Waals surface area contributed by atoms with Gasteiger partial charge in [0.25, 0.3) is 0 Å². The molecule has 0 amide bonds. The second kappa shape index (κ2) is 8.95. The predicted octanol–water partition coefficient (Wildman–Crippen LogP) is 1.31. The fourth-order valence-corrected chi connectivity index (χ4v) is 0. The third-order valence-electron chi connectivity index (χ3n) is 0. The van der Waals surface area contributed by atoms with E-state index in [0.717, 1.165) is 0 Å². The SMILES string of the molecule is ClOCl.[Cr]. The zero-order valence-corrected chi connectivity index (χ0v) is 4.36. The molecule has 4 heteroatoms. The topological polar surface area (TPSA) is 9.23 Å². The summed E-state index contributed by atoms with van der Waals surface area (Å²) < 4.78 is 3.19. The molecule has 0 aromatic rings. The van der Waals surface area contributed by atoms with Crippen molar-refractivity contribution >= 4 is 23.7 Å². The second-order valence-corrected chi connectivity index (χ2v) is 0.525. The Hall–Kier alpha value is 1.07. The van der Waals surface area contributed by atoms with Gasteiger partial charge in [0.05, 0.1) is 23.7 Å². The molecule has 0 N–H and O–H groups in total. The zero-order chi connectivity index (χ0) is 2.71. The first-order valence-corrected chi connectivity index (χ1v) is 0.926. The summed E-state index contributed by atoms with van der Waals surface area (Å²) >= 11 is 8.53. The summed E-state index contributed by atoms with van der Waals surface area (Å²) in [6, 6.07) is 0. The van der Waals surface area contributed by atoms with Crippen molar-refractivity contribution in [3.63, 3.8) is 0 Å². The Kier molecular flexibility index (Phi) is 19.9. The van der Waals surface area contributed by atoms with Crippen molar-refractivity contribution in [3.05, 3.63) is 0 Å².